The molecule has 184 valence electrons. The number of ether oxygens (including phenoxy) is 2. The highest BCUT2D eigenvalue weighted by Crippen LogP contribution is 2.33. The van der Waals surface area contributed by atoms with Gasteiger partial charge in [-0.15, -0.1) is 0 Å². The van der Waals surface area contributed by atoms with E-state index >= 15 is 0 Å². The first-order chi connectivity index (χ1) is 18.2. The van der Waals surface area contributed by atoms with Crippen molar-refractivity contribution in [1.29, 1.82) is 0 Å². The Hall–Kier alpha value is -4.84. The average Bonchev–Trinajstić information content (AvgIpc) is 3.40. The van der Waals surface area contributed by atoms with Crippen LogP contribution < -0.4 is 14.5 Å². The second kappa shape index (κ2) is 11.3. The van der Waals surface area contributed by atoms with Crippen molar-refractivity contribution in [2.45, 2.75) is 6.54 Å². The van der Waals surface area contributed by atoms with Crippen LogP contribution in [-0.2, 0) is 6.54 Å². The molecule has 0 saturated carbocycles. The molecule has 0 amide bonds. The molecular formula is C31H28N4O2. The number of hydrogen-bond donors (Lipinski definition) is 0. The third-order valence-electron chi connectivity index (χ3n) is 5.99. The molecule has 0 unspecified atom stereocenters. The summed E-state index contributed by atoms with van der Waals surface area (Å²) in [6.07, 6.45) is 3.87. The van der Waals surface area contributed by atoms with Gasteiger partial charge in [-0.1, -0.05) is 66.7 Å². The van der Waals surface area contributed by atoms with Gasteiger partial charge < -0.3 is 9.47 Å². The van der Waals surface area contributed by atoms with Crippen molar-refractivity contribution < 1.29 is 9.47 Å². The fraction of sp³-hybridized carbons (Fsp3) is 0.0968. The van der Waals surface area contributed by atoms with Crippen LogP contribution in [0.1, 0.15) is 11.1 Å². The molecule has 6 nitrogen and oxygen atoms in total. The molecule has 1 heterocycles. The Kier molecular flexibility index (Phi) is 7.27. The number of methoxy groups -OCH3 is 2. The van der Waals surface area contributed by atoms with Crippen LogP contribution in [0.15, 0.2) is 120 Å². The van der Waals surface area contributed by atoms with E-state index in [9.17, 15) is 0 Å². The van der Waals surface area contributed by atoms with Crippen LogP contribution in [-0.4, -0.2) is 30.2 Å². The molecule has 0 saturated heterocycles. The third kappa shape index (κ3) is 5.54. The van der Waals surface area contributed by atoms with E-state index in [1.807, 2.05) is 107 Å². The standard InChI is InChI=1S/C31H28N4O2/c1-36-29-19-18-25(20-30(29)37-2)31-26(23-35(33-31)28-16-10-5-11-17-28)21-32-34(27-14-8-4-9-15-27)22-24-12-6-3-7-13-24/h3-21,23H,22H2,1-2H3. The van der Waals surface area contributed by atoms with Gasteiger partial charge in [0.25, 0.3) is 0 Å². The van der Waals surface area contributed by atoms with E-state index in [2.05, 4.69) is 24.3 Å². The molecule has 6 heteroatoms. The number of anilines is 1. The molecule has 37 heavy (non-hydrogen) atoms. The predicted octanol–water partition coefficient (Wildman–Crippen LogP) is 6.60. The summed E-state index contributed by atoms with van der Waals surface area (Å²) in [5, 5.41) is 11.8. The SMILES string of the molecule is COc1ccc(-c2nn(-c3ccccc3)cc2C=NN(Cc2ccccc2)c2ccccc2)cc1OC. The highest BCUT2D eigenvalue weighted by Gasteiger charge is 2.15. The van der Waals surface area contributed by atoms with Crippen LogP contribution in [0.25, 0.3) is 16.9 Å². The minimum absolute atomic E-state index is 0.639. The summed E-state index contributed by atoms with van der Waals surface area (Å²) in [5.74, 6) is 1.31. The van der Waals surface area contributed by atoms with Crippen LogP contribution in [0.5, 0.6) is 11.5 Å². The molecule has 0 spiro atoms. The quantitative estimate of drug-likeness (QED) is 0.173. The summed E-state index contributed by atoms with van der Waals surface area (Å²) in [6.45, 7) is 0.639. The maximum Gasteiger partial charge on any atom is 0.161 e. The monoisotopic (exact) mass is 488 g/mol. The summed E-state index contributed by atoms with van der Waals surface area (Å²) >= 11 is 0. The van der Waals surface area contributed by atoms with Crippen LogP contribution >= 0.6 is 0 Å². The summed E-state index contributed by atoms with van der Waals surface area (Å²) < 4.78 is 12.9. The van der Waals surface area contributed by atoms with Gasteiger partial charge in [0.05, 0.1) is 38.4 Å². The number of hydrazone groups is 1. The Labute approximate surface area is 217 Å². The lowest BCUT2D eigenvalue weighted by atomic mass is 10.1. The van der Waals surface area contributed by atoms with E-state index < -0.39 is 0 Å². The van der Waals surface area contributed by atoms with E-state index in [4.69, 9.17) is 19.7 Å². The van der Waals surface area contributed by atoms with Gasteiger partial charge in [-0.05, 0) is 48.0 Å². The molecule has 0 atom stereocenters. The Morgan fingerprint density at radius 2 is 1.43 bits per heavy atom. The molecular weight excluding hydrogens is 460 g/mol. The Bertz CT molecular complexity index is 1470. The van der Waals surface area contributed by atoms with Gasteiger partial charge in [-0.3, -0.25) is 5.01 Å². The number of hydrogen-bond acceptors (Lipinski definition) is 5. The van der Waals surface area contributed by atoms with E-state index in [1.54, 1.807) is 14.2 Å². The molecule has 0 fully saturated rings. The Morgan fingerprint density at radius 3 is 2.11 bits per heavy atom. The second-order valence-electron chi connectivity index (χ2n) is 8.41. The fourth-order valence-electron chi connectivity index (χ4n) is 4.09. The topological polar surface area (TPSA) is 51.9 Å². The van der Waals surface area contributed by atoms with Gasteiger partial charge in [0.15, 0.2) is 11.5 Å². The maximum atomic E-state index is 5.55. The summed E-state index contributed by atoms with van der Waals surface area (Å²) in [7, 11) is 3.26. The lowest BCUT2D eigenvalue weighted by Gasteiger charge is -2.19. The van der Waals surface area contributed by atoms with Crippen LogP contribution in [0.3, 0.4) is 0 Å². The molecule has 5 aromatic rings. The zero-order valence-electron chi connectivity index (χ0n) is 20.9. The molecule has 0 aliphatic rings. The van der Waals surface area contributed by atoms with E-state index in [-0.39, 0.29) is 0 Å². The van der Waals surface area contributed by atoms with Gasteiger partial charge in [-0.2, -0.15) is 10.2 Å². The molecule has 0 bridgehead atoms. The number of rotatable bonds is 9. The minimum atomic E-state index is 0.639. The van der Waals surface area contributed by atoms with E-state index in [0.29, 0.717) is 18.0 Å². The van der Waals surface area contributed by atoms with Crippen molar-refractivity contribution in [3.05, 3.63) is 127 Å². The summed E-state index contributed by atoms with van der Waals surface area (Å²) in [6, 6.07) is 36.3. The Balaban J connectivity index is 1.57. The molecule has 5 rings (SSSR count). The number of para-hydroxylation sites is 2. The number of nitrogens with zero attached hydrogens (tertiary/aromatic N) is 4. The normalized spacial score (nSPS) is 11.0. The number of benzene rings is 4. The largest absolute Gasteiger partial charge is 0.493 e. The average molecular weight is 489 g/mol. The van der Waals surface area contributed by atoms with Gasteiger partial charge in [0, 0.05) is 17.3 Å². The molecule has 4 aromatic carbocycles. The lowest BCUT2D eigenvalue weighted by Crippen LogP contribution is -2.16. The molecule has 0 radical (unpaired) electrons. The van der Waals surface area contributed by atoms with Crippen molar-refractivity contribution in [2.75, 3.05) is 19.2 Å². The van der Waals surface area contributed by atoms with Crippen molar-refractivity contribution >= 4 is 11.9 Å². The Morgan fingerprint density at radius 1 is 0.784 bits per heavy atom. The lowest BCUT2D eigenvalue weighted by molar-refractivity contribution is 0.355. The summed E-state index contributed by atoms with van der Waals surface area (Å²) in [5.41, 5.74) is 5.72. The van der Waals surface area contributed by atoms with E-state index in [0.717, 1.165) is 28.2 Å². The molecule has 0 N–H and O–H groups in total. The van der Waals surface area contributed by atoms with E-state index in [1.165, 1.54) is 5.56 Å². The molecule has 0 aliphatic heterocycles. The fourth-order valence-corrected chi connectivity index (χ4v) is 4.09. The minimum Gasteiger partial charge on any atom is -0.493 e. The maximum absolute atomic E-state index is 5.55. The van der Waals surface area contributed by atoms with Gasteiger partial charge in [0.1, 0.15) is 5.69 Å². The van der Waals surface area contributed by atoms with Crippen LogP contribution in [0, 0.1) is 0 Å². The highest BCUT2D eigenvalue weighted by molar-refractivity contribution is 5.89. The molecule has 1 aromatic heterocycles. The van der Waals surface area contributed by atoms with Crippen LogP contribution in [0.4, 0.5) is 5.69 Å². The van der Waals surface area contributed by atoms with Crippen LogP contribution in [0.2, 0.25) is 0 Å². The van der Waals surface area contributed by atoms with Crippen molar-refractivity contribution in [1.82, 2.24) is 9.78 Å². The van der Waals surface area contributed by atoms with Crippen molar-refractivity contribution in [2.24, 2.45) is 5.10 Å². The van der Waals surface area contributed by atoms with Gasteiger partial charge in [-0.25, -0.2) is 4.68 Å². The smallest absolute Gasteiger partial charge is 0.161 e. The number of aromatic nitrogens is 2. The first-order valence-electron chi connectivity index (χ1n) is 12.0. The predicted molar refractivity (Wildman–Crippen MR) is 149 cm³/mol. The summed E-state index contributed by atoms with van der Waals surface area (Å²) in [4.78, 5) is 0. The van der Waals surface area contributed by atoms with Gasteiger partial charge in [0.2, 0.25) is 0 Å². The van der Waals surface area contributed by atoms with Crippen molar-refractivity contribution in [3.8, 4) is 28.4 Å². The highest BCUT2D eigenvalue weighted by atomic mass is 16.5. The zero-order valence-corrected chi connectivity index (χ0v) is 20.9. The first kappa shape index (κ1) is 23.9. The third-order valence-corrected chi connectivity index (χ3v) is 5.99. The first-order valence-corrected chi connectivity index (χ1v) is 12.0. The molecule has 0 aliphatic carbocycles. The van der Waals surface area contributed by atoms with Gasteiger partial charge >= 0.3 is 0 Å². The second-order valence-corrected chi connectivity index (χ2v) is 8.41. The zero-order chi connectivity index (χ0) is 25.5. The van der Waals surface area contributed by atoms with Crippen molar-refractivity contribution in [3.63, 3.8) is 0 Å².